The van der Waals surface area contributed by atoms with Gasteiger partial charge in [-0.15, -0.1) is 6.58 Å². The van der Waals surface area contributed by atoms with Crippen LogP contribution in [0.4, 0.5) is 0 Å². The van der Waals surface area contributed by atoms with Crippen LogP contribution in [0.15, 0.2) is 43.5 Å². The normalized spacial score (nSPS) is 13.4. The highest BCUT2D eigenvalue weighted by Gasteiger charge is 2.26. The molecule has 0 bridgehead atoms. The van der Waals surface area contributed by atoms with Gasteiger partial charge in [0.1, 0.15) is 6.04 Å². The fraction of sp³-hybridized carbons (Fsp3) is 0.267. The quantitative estimate of drug-likeness (QED) is 0.667. The molecule has 21 heavy (non-hydrogen) atoms. The number of fused-ring (bicyclic) bond motifs is 1. The van der Waals surface area contributed by atoms with Crippen molar-refractivity contribution in [1.29, 1.82) is 0 Å². The first-order valence-corrected chi connectivity index (χ1v) is 6.49. The van der Waals surface area contributed by atoms with Crippen LogP contribution in [0, 0.1) is 5.92 Å². The Kier molecular flexibility index (Phi) is 4.37. The number of carbonyl (C=O) groups excluding carboxylic acids is 2. The first-order valence-electron chi connectivity index (χ1n) is 6.49. The summed E-state index contributed by atoms with van der Waals surface area (Å²) in [5, 5.41) is 2.68. The van der Waals surface area contributed by atoms with Crippen molar-refractivity contribution in [2.75, 3.05) is 7.11 Å². The van der Waals surface area contributed by atoms with Crippen LogP contribution < -0.4 is 5.32 Å². The van der Waals surface area contributed by atoms with E-state index in [0.717, 1.165) is 5.52 Å². The van der Waals surface area contributed by atoms with Crippen molar-refractivity contribution in [3.05, 3.63) is 49.1 Å². The fourth-order valence-corrected chi connectivity index (χ4v) is 1.95. The summed E-state index contributed by atoms with van der Waals surface area (Å²) in [5.41, 5.74) is 1.25. The minimum absolute atomic E-state index is 0.236. The summed E-state index contributed by atoms with van der Waals surface area (Å²) in [6.45, 7) is 5.43. The molecule has 0 radical (unpaired) electrons. The van der Waals surface area contributed by atoms with Crippen molar-refractivity contribution in [2.24, 2.45) is 5.92 Å². The maximum atomic E-state index is 12.3. The van der Waals surface area contributed by atoms with Gasteiger partial charge in [-0.05, 0) is 12.1 Å². The number of methoxy groups -OCH3 is 1. The Morgan fingerprint density at radius 2 is 2.29 bits per heavy atom. The molecule has 0 saturated heterocycles. The van der Waals surface area contributed by atoms with Crippen molar-refractivity contribution in [1.82, 2.24) is 14.7 Å². The molecule has 6 nitrogen and oxygen atoms in total. The number of imidazole rings is 1. The van der Waals surface area contributed by atoms with Crippen LogP contribution in [0.1, 0.15) is 17.3 Å². The number of pyridine rings is 1. The molecule has 0 aliphatic carbocycles. The van der Waals surface area contributed by atoms with E-state index in [4.69, 9.17) is 4.74 Å². The van der Waals surface area contributed by atoms with Gasteiger partial charge in [-0.25, -0.2) is 9.78 Å². The molecular weight excluding hydrogens is 270 g/mol. The Bertz CT molecular complexity index is 678. The van der Waals surface area contributed by atoms with Crippen molar-refractivity contribution >= 4 is 17.4 Å². The summed E-state index contributed by atoms with van der Waals surface area (Å²) in [4.78, 5) is 28.0. The molecular formula is C15H17N3O3. The summed E-state index contributed by atoms with van der Waals surface area (Å²) < 4.78 is 6.51. The Balaban J connectivity index is 2.21. The predicted octanol–water partition coefficient (Wildman–Crippen LogP) is 1.43. The van der Waals surface area contributed by atoms with Gasteiger partial charge in [0.15, 0.2) is 0 Å². The molecule has 2 aromatic rings. The van der Waals surface area contributed by atoms with Crippen LogP contribution in [0.2, 0.25) is 0 Å². The van der Waals surface area contributed by atoms with E-state index in [9.17, 15) is 9.59 Å². The molecule has 0 spiro atoms. The Hall–Kier alpha value is -2.63. The van der Waals surface area contributed by atoms with Crippen LogP contribution in [-0.2, 0) is 9.53 Å². The summed E-state index contributed by atoms with van der Waals surface area (Å²) in [6.07, 6.45) is 6.64. The monoisotopic (exact) mass is 287 g/mol. The van der Waals surface area contributed by atoms with E-state index in [1.807, 2.05) is 0 Å². The van der Waals surface area contributed by atoms with E-state index in [1.54, 1.807) is 48.3 Å². The van der Waals surface area contributed by atoms with Gasteiger partial charge < -0.3 is 14.5 Å². The molecule has 0 fully saturated rings. The topological polar surface area (TPSA) is 72.7 Å². The molecule has 1 amide bonds. The number of nitrogens with zero attached hydrogens (tertiary/aromatic N) is 2. The van der Waals surface area contributed by atoms with Gasteiger partial charge in [0.05, 0.1) is 25.2 Å². The average Bonchev–Trinajstić information content (AvgIpc) is 2.98. The number of amides is 1. The Morgan fingerprint density at radius 1 is 1.52 bits per heavy atom. The molecule has 6 heteroatoms. The zero-order valence-electron chi connectivity index (χ0n) is 11.9. The second kappa shape index (κ2) is 6.21. The van der Waals surface area contributed by atoms with Gasteiger partial charge in [0.2, 0.25) is 0 Å². The van der Waals surface area contributed by atoms with Crippen LogP contribution in [-0.4, -0.2) is 34.4 Å². The maximum absolute atomic E-state index is 12.3. The number of rotatable bonds is 5. The number of ether oxygens (including phenoxy) is 1. The van der Waals surface area contributed by atoms with Gasteiger partial charge in [-0.2, -0.15) is 0 Å². The maximum Gasteiger partial charge on any atom is 0.328 e. The van der Waals surface area contributed by atoms with Gasteiger partial charge in [0, 0.05) is 17.7 Å². The third kappa shape index (κ3) is 3.10. The molecule has 2 rings (SSSR count). The van der Waals surface area contributed by atoms with E-state index in [-0.39, 0.29) is 11.8 Å². The van der Waals surface area contributed by atoms with E-state index >= 15 is 0 Å². The van der Waals surface area contributed by atoms with Crippen LogP contribution in [0.3, 0.4) is 0 Å². The molecule has 0 aliphatic heterocycles. The van der Waals surface area contributed by atoms with Crippen molar-refractivity contribution in [3.63, 3.8) is 0 Å². The largest absolute Gasteiger partial charge is 0.467 e. The van der Waals surface area contributed by atoms with E-state index in [1.165, 1.54) is 7.11 Å². The SMILES string of the molecule is C=C[C@H](C)[C@@H](NC(=O)c1ccn2cncc2c1)C(=O)OC. The Labute approximate surface area is 122 Å². The molecule has 0 aromatic carbocycles. The predicted molar refractivity (Wildman–Crippen MR) is 77.8 cm³/mol. The number of hydrogen-bond acceptors (Lipinski definition) is 4. The lowest BCUT2D eigenvalue weighted by Gasteiger charge is -2.20. The minimum atomic E-state index is -0.763. The molecule has 0 aliphatic rings. The fourth-order valence-electron chi connectivity index (χ4n) is 1.95. The van der Waals surface area contributed by atoms with Crippen LogP contribution in [0.25, 0.3) is 5.52 Å². The van der Waals surface area contributed by atoms with Gasteiger partial charge in [0.25, 0.3) is 5.91 Å². The lowest BCUT2D eigenvalue weighted by Crippen LogP contribution is -2.45. The summed E-state index contributed by atoms with van der Waals surface area (Å²) in [7, 11) is 1.29. The van der Waals surface area contributed by atoms with Crippen LogP contribution >= 0.6 is 0 Å². The number of hydrogen-bond donors (Lipinski definition) is 1. The molecule has 2 aromatic heterocycles. The van der Waals surface area contributed by atoms with E-state index in [0.29, 0.717) is 5.56 Å². The third-order valence-corrected chi connectivity index (χ3v) is 3.32. The van der Waals surface area contributed by atoms with E-state index in [2.05, 4.69) is 16.9 Å². The number of nitrogens with one attached hydrogen (secondary N) is 1. The standard InChI is InChI=1S/C15H17N3O3/c1-4-10(2)13(15(20)21-3)17-14(19)11-5-6-18-9-16-8-12(18)7-11/h4-10,13H,1H2,2-3H3,(H,17,19)/t10-,13+/m0/s1. The smallest absolute Gasteiger partial charge is 0.328 e. The average molecular weight is 287 g/mol. The lowest BCUT2D eigenvalue weighted by atomic mass is 10.0. The Morgan fingerprint density at radius 3 is 2.95 bits per heavy atom. The number of esters is 1. The molecule has 1 N–H and O–H groups in total. The van der Waals surface area contributed by atoms with Gasteiger partial charge in [-0.3, -0.25) is 4.79 Å². The molecule has 0 unspecified atom stereocenters. The van der Waals surface area contributed by atoms with Crippen LogP contribution in [0.5, 0.6) is 0 Å². The number of aromatic nitrogens is 2. The zero-order valence-corrected chi connectivity index (χ0v) is 11.9. The number of carbonyl (C=O) groups is 2. The summed E-state index contributed by atoms with van der Waals surface area (Å²) in [6, 6.07) is 2.60. The highest BCUT2D eigenvalue weighted by molar-refractivity contribution is 5.97. The van der Waals surface area contributed by atoms with Gasteiger partial charge >= 0.3 is 5.97 Å². The van der Waals surface area contributed by atoms with Crippen molar-refractivity contribution < 1.29 is 14.3 Å². The highest BCUT2D eigenvalue weighted by Crippen LogP contribution is 2.10. The minimum Gasteiger partial charge on any atom is -0.467 e. The second-order valence-corrected chi connectivity index (χ2v) is 4.71. The summed E-state index contributed by atoms with van der Waals surface area (Å²) >= 11 is 0. The zero-order chi connectivity index (χ0) is 15.4. The molecule has 2 heterocycles. The molecule has 2 atom stereocenters. The van der Waals surface area contributed by atoms with Crippen molar-refractivity contribution in [2.45, 2.75) is 13.0 Å². The third-order valence-electron chi connectivity index (χ3n) is 3.32. The van der Waals surface area contributed by atoms with Gasteiger partial charge in [-0.1, -0.05) is 13.0 Å². The summed E-state index contributed by atoms with van der Waals surface area (Å²) in [5.74, 6) is -1.08. The molecule has 110 valence electrons. The first kappa shape index (κ1) is 14.8. The van der Waals surface area contributed by atoms with E-state index < -0.39 is 12.0 Å². The second-order valence-electron chi connectivity index (χ2n) is 4.71. The first-order chi connectivity index (χ1) is 10.1. The highest BCUT2D eigenvalue weighted by atomic mass is 16.5. The lowest BCUT2D eigenvalue weighted by molar-refractivity contribution is -0.143. The van der Waals surface area contributed by atoms with Crippen molar-refractivity contribution in [3.8, 4) is 0 Å². The molecule has 0 saturated carbocycles.